The van der Waals surface area contributed by atoms with Crippen molar-refractivity contribution in [3.05, 3.63) is 29.8 Å². The normalized spacial score (nSPS) is 22.4. The fourth-order valence-electron chi connectivity index (χ4n) is 2.93. The summed E-state index contributed by atoms with van der Waals surface area (Å²) in [7, 11) is 0. The van der Waals surface area contributed by atoms with Crippen molar-refractivity contribution >= 4 is 0 Å². The predicted octanol–water partition coefficient (Wildman–Crippen LogP) is 3.12. The highest BCUT2D eigenvalue weighted by Crippen LogP contribution is 2.21. The van der Waals surface area contributed by atoms with Gasteiger partial charge in [-0.3, -0.25) is 4.98 Å². The fourth-order valence-corrected chi connectivity index (χ4v) is 2.93. The van der Waals surface area contributed by atoms with Crippen LogP contribution in [-0.4, -0.2) is 29.5 Å². The lowest BCUT2D eigenvalue weighted by Crippen LogP contribution is -2.28. The zero-order valence-electron chi connectivity index (χ0n) is 12.4. The Morgan fingerprint density at radius 3 is 2.95 bits per heavy atom. The third-order valence-electron chi connectivity index (χ3n) is 4.40. The van der Waals surface area contributed by atoms with Crippen molar-refractivity contribution < 1.29 is 4.39 Å². The maximum Gasteiger partial charge on any atom is 0.141 e. The van der Waals surface area contributed by atoms with Gasteiger partial charge in [-0.25, -0.2) is 4.39 Å². The number of hydrogen-bond acceptors (Lipinski definition) is 3. The molecule has 0 radical (unpaired) electrons. The molecule has 1 aromatic rings. The van der Waals surface area contributed by atoms with Gasteiger partial charge in [-0.15, -0.1) is 0 Å². The van der Waals surface area contributed by atoms with Crippen LogP contribution in [0.1, 0.15) is 50.8 Å². The number of nitrogens with zero attached hydrogens (tertiary/aromatic N) is 2. The van der Waals surface area contributed by atoms with E-state index in [1.165, 1.54) is 51.0 Å². The Morgan fingerprint density at radius 1 is 1.40 bits per heavy atom. The molecule has 1 aliphatic heterocycles. The average molecular weight is 279 g/mol. The summed E-state index contributed by atoms with van der Waals surface area (Å²) in [5.74, 6) is 0.589. The molecule has 2 atom stereocenters. The molecule has 112 valence electrons. The molecule has 2 rings (SSSR count). The summed E-state index contributed by atoms with van der Waals surface area (Å²) in [4.78, 5) is 6.58. The van der Waals surface area contributed by atoms with E-state index in [4.69, 9.17) is 5.73 Å². The van der Waals surface area contributed by atoms with Crippen LogP contribution in [0.15, 0.2) is 18.3 Å². The summed E-state index contributed by atoms with van der Waals surface area (Å²) in [6, 6.07) is 3.02. The number of nitrogens with two attached hydrogens (primary N) is 1. The minimum atomic E-state index is -0.306. The number of hydrogen-bond donors (Lipinski definition) is 1. The minimum Gasteiger partial charge on any atom is -0.323 e. The lowest BCUT2D eigenvalue weighted by molar-refractivity contribution is 0.268. The molecule has 0 spiro atoms. The maximum atomic E-state index is 12.8. The minimum absolute atomic E-state index is 0.0965. The Kier molecular flexibility index (Phi) is 5.92. The van der Waals surface area contributed by atoms with Gasteiger partial charge < -0.3 is 10.6 Å². The van der Waals surface area contributed by atoms with E-state index in [0.717, 1.165) is 24.6 Å². The largest absolute Gasteiger partial charge is 0.323 e. The molecule has 20 heavy (non-hydrogen) atoms. The van der Waals surface area contributed by atoms with E-state index < -0.39 is 0 Å². The second kappa shape index (κ2) is 7.70. The van der Waals surface area contributed by atoms with Crippen molar-refractivity contribution in [3.8, 4) is 0 Å². The van der Waals surface area contributed by atoms with E-state index in [2.05, 4.69) is 16.8 Å². The van der Waals surface area contributed by atoms with Gasteiger partial charge in [0.2, 0.25) is 0 Å². The molecule has 4 heteroatoms. The van der Waals surface area contributed by atoms with Gasteiger partial charge in [0.1, 0.15) is 5.82 Å². The molecule has 0 saturated carbocycles. The monoisotopic (exact) mass is 279 g/mol. The zero-order valence-corrected chi connectivity index (χ0v) is 12.4. The zero-order chi connectivity index (χ0) is 14.4. The van der Waals surface area contributed by atoms with E-state index >= 15 is 0 Å². The smallest absolute Gasteiger partial charge is 0.141 e. The van der Waals surface area contributed by atoms with Crippen LogP contribution in [0, 0.1) is 11.7 Å². The molecule has 0 bridgehead atoms. The SMILES string of the molecule is CCC1CCCN(CCC(N)c2ccc(F)cn2)CC1. The molecule has 2 heterocycles. The molecule has 0 amide bonds. The molecule has 1 fully saturated rings. The number of aromatic nitrogens is 1. The van der Waals surface area contributed by atoms with Gasteiger partial charge in [-0.2, -0.15) is 0 Å². The van der Waals surface area contributed by atoms with Gasteiger partial charge in [0.15, 0.2) is 0 Å². The number of likely N-dealkylation sites (tertiary alicyclic amines) is 1. The van der Waals surface area contributed by atoms with Crippen LogP contribution in [-0.2, 0) is 0 Å². The standard InChI is InChI=1S/C16H26FN3/c1-2-13-4-3-9-20(10-7-13)11-8-15(18)16-6-5-14(17)12-19-16/h5-6,12-13,15H,2-4,7-11,18H2,1H3. The Labute approximate surface area is 121 Å². The van der Waals surface area contributed by atoms with Crippen LogP contribution in [0.25, 0.3) is 0 Å². The summed E-state index contributed by atoms with van der Waals surface area (Å²) in [6.45, 7) is 5.66. The predicted molar refractivity (Wildman–Crippen MR) is 79.8 cm³/mol. The molecular weight excluding hydrogens is 253 g/mol. The average Bonchev–Trinajstić information content (AvgIpc) is 2.70. The quantitative estimate of drug-likeness (QED) is 0.900. The van der Waals surface area contributed by atoms with E-state index in [1.807, 2.05) is 0 Å². The molecule has 1 saturated heterocycles. The van der Waals surface area contributed by atoms with Crippen LogP contribution >= 0.6 is 0 Å². The molecular formula is C16H26FN3. The van der Waals surface area contributed by atoms with Crippen molar-refractivity contribution in [2.75, 3.05) is 19.6 Å². The Balaban J connectivity index is 1.78. The van der Waals surface area contributed by atoms with E-state index in [0.29, 0.717) is 0 Å². The van der Waals surface area contributed by atoms with Gasteiger partial charge in [-0.05, 0) is 63.4 Å². The Bertz CT molecular complexity index is 393. The summed E-state index contributed by atoms with van der Waals surface area (Å²) in [5, 5.41) is 0. The summed E-state index contributed by atoms with van der Waals surface area (Å²) in [6.07, 6.45) is 7.39. The van der Waals surface area contributed by atoms with Gasteiger partial charge in [-0.1, -0.05) is 13.3 Å². The van der Waals surface area contributed by atoms with Crippen molar-refractivity contribution in [1.29, 1.82) is 0 Å². The number of rotatable bonds is 5. The van der Waals surface area contributed by atoms with Crippen LogP contribution in [0.5, 0.6) is 0 Å². The van der Waals surface area contributed by atoms with Gasteiger partial charge in [0.05, 0.1) is 11.9 Å². The lowest BCUT2D eigenvalue weighted by atomic mass is 9.98. The lowest BCUT2D eigenvalue weighted by Gasteiger charge is -2.22. The van der Waals surface area contributed by atoms with Crippen molar-refractivity contribution in [3.63, 3.8) is 0 Å². The summed E-state index contributed by atoms with van der Waals surface area (Å²) in [5.41, 5.74) is 6.93. The second-order valence-electron chi connectivity index (χ2n) is 5.84. The molecule has 3 nitrogen and oxygen atoms in total. The fraction of sp³-hybridized carbons (Fsp3) is 0.688. The van der Waals surface area contributed by atoms with Gasteiger partial charge >= 0.3 is 0 Å². The summed E-state index contributed by atoms with van der Waals surface area (Å²) >= 11 is 0. The highest BCUT2D eigenvalue weighted by atomic mass is 19.1. The van der Waals surface area contributed by atoms with Crippen molar-refractivity contribution in [2.24, 2.45) is 11.7 Å². The third kappa shape index (κ3) is 4.53. The Hall–Kier alpha value is -1.00. The molecule has 1 aromatic heterocycles. The van der Waals surface area contributed by atoms with Crippen LogP contribution < -0.4 is 5.73 Å². The molecule has 2 unspecified atom stereocenters. The molecule has 0 aliphatic carbocycles. The van der Waals surface area contributed by atoms with Crippen LogP contribution in [0.2, 0.25) is 0 Å². The molecule has 0 aromatic carbocycles. The van der Waals surface area contributed by atoms with Crippen molar-refractivity contribution in [1.82, 2.24) is 9.88 Å². The number of halogens is 1. The van der Waals surface area contributed by atoms with E-state index in [-0.39, 0.29) is 11.9 Å². The van der Waals surface area contributed by atoms with Crippen LogP contribution in [0.3, 0.4) is 0 Å². The highest BCUT2D eigenvalue weighted by Gasteiger charge is 2.16. The first-order valence-electron chi connectivity index (χ1n) is 7.78. The van der Waals surface area contributed by atoms with Gasteiger partial charge in [0, 0.05) is 6.04 Å². The molecule has 2 N–H and O–H groups in total. The summed E-state index contributed by atoms with van der Waals surface area (Å²) < 4.78 is 12.8. The van der Waals surface area contributed by atoms with E-state index in [1.54, 1.807) is 6.07 Å². The number of pyridine rings is 1. The van der Waals surface area contributed by atoms with E-state index in [9.17, 15) is 4.39 Å². The van der Waals surface area contributed by atoms with Crippen molar-refractivity contribution in [2.45, 2.75) is 45.1 Å². The first-order chi connectivity index (χ1) is 9.69. The third-order valence-corrected chi connectivity index (χ3v) is 4.40. The molecule has 1 aliphatic rings. The Morgan fingerprint density at radius 2 is 2.25 bits per heavy atom. The second-order valence-corrected chi connectivity index (χ2v) is 5.84. The topological polar surface area (TPSA) is 42.1 Å². The maximum absolute atomic E-state index is 12.8. The van der Waals surface area contributed by atoms with Crippen LogP contribution in [0.4, 0.5) is 4.39 Å². The van der Waals surface area contributed by atoms with Gasteiger partial charge in [0.25, 0.3) is 0 Å². The highest BCUT2D eigenvalue weighted by molar-refractivity contribution is 5.09. The first-order valence-corrected chi connectivity index (χ1v) is 7.78. The first kappa shape index (κ1) is 15.4.